The van der Waals surface area contributed by atoms with Gasteiger partial charge in [-0.25, -0.2) is 4.39 Å². The van der Waals surface area contributed by atoms with Gasteiger partial charge in [0.05, 0.1) is 23.9 Å². The van der Waals surface area contributed by atoms with Crippen molar-refractivity contribution in [3.05, 3.63) is 81.2 Å². The molecule has 4 aromatic rings. The van der Waals surface area contributed by atoms with E-state index < -0.39 is 17.2 Å². The van der Waals surface area contributed by atoms with E-state index in [4.69, 9.17) is 20.8 Å². The van der Waals surface area contributed by atoms with Crippen LogP contribution in [0.4, 0.5) is 10.1 Å². The molecule has 42 heavy (non-hydrogen) atoms. The van der Waals surface area contributed by atoms with Crippen molar-refractivity contribution in [2.75, 3.05) is 57.3 Å². The predicted octanol–water partition coefficient (Wildman–Crippen LogP) is 4.63. The Morgan fingerprint density at radius 3 is 2.60 bits per heavy atom. The molecule has 9 nitrogen and oxygen atoms in total. The van der Waals surface area contributed by atoms with Crippen molar-refractivity contribution in [3.63, 3.8) is 0 Å². The molecule has 2 fully saturated rings. The first-order valence-electron chi connectivity index (χ1n) is 14.4. The minimum Gasteiger partial charge on any atom is -0.468 e. The fraction of sp³-hybridized carbons (Fsp3) is 0.355. The highest BCUT2D eigenvalue weighted by Crippen LogP contribution is 2.47. The Hall–Kier alpha value is -3.86. The zero-order valence-corrected chi connectivity index (χ0v) is 23.8. The third-order valence-electron chi connectivity index (χ3n) is 8.37. The monoisotopic (exact) mass is 591 g/mol. The van der Waals surface area contributed by atoms with Gasteiger partial charge in [0, 0.05) is 56.6 Å². The molecule has 3 aliphatic heterocycles. The van der Waals surface area contributed by atoms with E-state index >= 15 is 4.39 Å². The molecular formula is C31H31ClFN5O4. The first-order valence-corrected chi connectivity index (χ1v) is 14.7. The summed E-state index contributed by atoms with van der Waals surface area (Å²) in [6.07, 6.45) is 5.51. The van der Waals surface area contributed by atoms with Crippen molar-refractivity contribution in [2.45, 2.75) is 19.4 Å². The number of pyridine rings is 1. The van der Waals surface area contributed by atoms with E-state index in [0.29, 0.717) is 66.9 Å². The lowest BCUT2D eigenvalue weighted by Crippen LogP contribution is -2.46. The van der Waals surface area contributed by atoms with Crippen molar-refractivity contribution in [3.8, 4) is 17.2 Å². The Bertz CT molecular complexity index is 1710. The van der Waals surface area contributed by atoms with Crippen LogP contribution in [0.1, 0.15) is 29.0 Å². The summed E-state index contributed by atoms with van der Waals surface area (Å²) >= 11 is 6.31. The number of piperazine rings is 1. The molecule has 0 aliphatic carbocycles. The Balaban J connectivity index is 1.25. The van der Waals surface area contributed by atoms with Crippen LogP contribution >= 0.6 is 11.6 Å². The van der Waals surface area contributed by atoms with Crippen molar-refractivity contribution in [2.24, 2.45) is 0 Å². The Kier molecular flexibility index (Phi) is 7.13. The smallest absolute Gasteiger partial charge is 0.256 e. The number of likely N-dealkylation sites (tertiary alicyclic amines) is 1. The SMILES string of the molecule is O=C(NCCN1CCCC1)c1cn2c3c(c(N4CCN(Cc5ccco5)CC4)c(F)cc3c1=O)Oc1cc(Cl)ccc1-2. The summed E-state index contributed by atoms with van der Waals surface area (Å²) in [6, 6.07) is 10.2. The summed E-state index contributed by atoms with van der Waals surface area (Å²) < 4.78 is 29.6. The molecule has 3 aliphatic rings. The lowest BCUT2D eigenvalue weighted by molar-refractivity contribution is 0.0948. The minimum atomic E-state index is -0.572. The number of nitrogens with zero attached hydrogens (tertiary/aromatic N) is 4. The van der Waals surface area contributed by atoms with Crippen LogP contribution in [-0.4, -0.2) is 72.6 Å². The topological polar surface area (TPSA) is 83.2 Å². The second-order valence-corrected chi connectivity index (χ2v) is 11.5. The van der Waals surface area contributed by atoms with Crippen LogP contribution in [0.3, 0.4) is 0 Å². The third-order valence-corrected chi connectivity index (χ3v) is 8.60. The molecule has 218 valence electrons. The van der Waals surface area contributed by atoms with E-state index in [-0.39, 0.29) is 16.7 Å². The number of carbonyl (C=O) groups is 1. The highest BCUT2D eigenvalue weighted by atomic mass is 35.5. The van der Waals surface area contributed by atoms with Crippen LogP contribution in [0.2, 0.25) is 5.02 Å². The summed E-state index contributed by atoms with van der Waals surface area (Å²) in [5.41, 5.74) is 0.760. The molecule has 7 rings (SSSR count). The van der Waals surface area contributed by atoms with Crippen LogP contribution in [-0.2, 0) is 6.54 Å². The molecule has 2 aromatic carbocycles. The third kappa shape index (κ3) is 4.93. The molecule has 11 heteroatoms. The summed E-state index contributed by atoms with van der Waals surface area (Å²) in [5.74, 6) is 0.497. The van der Waals surface area contributed by atoms with Crippen LogP contribution in [0.5, 0.6) is 11.5 Å². The molecule has 0 bridgehead atoms. The average Bonchev–Trinajstić information content (AvgIpc) is 3.70. The highest BCUT2D eigenvalue weighted by Gasteiger charge is 2.32. The Morgan fingerprint density at radius 2 is 1.83 bits per heavy atom. The normalized spacial score (nSPS) is 17.0. The molecule has 0 atom stereocenters. The molecule has 0 saturated carbocycles. The van der Waals surface area contributed by atoms with E-state index in [1.807, 2.05) is 17.0 Å². The molecule has 0 radical (unpaired) electrons. The summed E-state index contributed by atoms with van der Waals surface area (Å²) in [6.45, 7) is 6.37. The summed E-state index contributed by atoms with van der Waals surface area (Å²) in [4.78, 5) is 33.4. The van der Waals surface area contributed by atoms with Gasteiger partial charge >= 0.3 is 0 Å². The number of amides is 1. The van der Waals surface area contributed by atoms with Gasteiger partial charge in [-0.3, -0.25) is 14.5 Å². The fourth-order valence-electron chi connectivity index (χ4n) is 6.22. The van der Waals surface area contributed by atoms with Crippen LogP contribution in [0.15, 0.2) is 58.1 Å². The maximum Gasteiger partial charge on any atom is 0.256 e. The maximum atomic E-state index is 16.0. The lowest BCUT2D eigenvalue weighted by atomic mass is 10.0. The van der Waals surface area contributed by atoms with Crippen LogP contribution in [0.25, 0.3) is 16.6 Å². The number of carbonyl (C=O) groups excluding carboxylic acids is 1. The molecule has 0 spiro atoms. The van der Waals surface area contributed by atoms with Gasteiger partial charge in [-0.15, -0.1) is 0 Å². The molecular weight excluding hydrogens is 561 g/mol. The van der Waals surface area contributed by atoms with Gasteiger partial charge in [0.15, 0.2) is 17.3 Å². The Labute approximate surface area is 247 Å². The number of fused-ring (bicyclic) bond motifs is 2. The number of hydrogen-bond donors (Lipinski definition) is 1. The zero-order chi connectivity index (χ0) is 28.8. The number of anilines is 1. The second-order valence-electron chi connectivity index (χ2n) is 11.0. The van der Waals surface area contributed by atoms with E-state index in [2.05, 4.69) is 15.1 Å². The number of rotatable bonds is 7. The summed E-state index contributed by atoms with van der Waals surface area (Å²) in [5, 5.41) is 3.44. The van der Waals surface area contributed by atoms with E-state index in [0.717, 1.165) is 38.2 Å². The standard InChI is InChI=1S/C31H31ClFN5O4/c32-20-5-6-25-26(16-20)42-30-27-22(29(39)23(19-38(25)27)31(40)34-7-10-35-8-1-2-9-35)17-24(33)28(30)37-13-11-36(12-14-37)18-21-4-3-15-41-21/h3-6,15-17,19H,1-2,7-14,18H2,(H,34,40). The average molecular weight is 592 g/mol. The number of aromatic nitrogens is 1. The van der Waals surface area contributed by atoms with Gasteiger partial charge < -0.3 is 28.8 Å². The zero-order valence-electron chi connectivity index (χ0n) is 23.1. The van der Waals surface area contributed by atoms with Gasteiger partial charge in [-0.2, -0.15) is 0 Å². The number of halogens is 2. The van der Waals surface area contributed by atoms with Crippen molar-refractivity contribution < 1.29 is 18.3 Å². The molecule has 1 amide bonds. The number of nitrogens with one attached hydrogen (secondary N) is 1. The second kappa shape index (κ2) is 11.1. The van der Waals surface area contributed by atoms with E-state index in [1.54, 1.807) is 29.0 Å². The number of benzene rings is 2. The van der Waals surface area contributed by atoms with Gasteiger partial charge in [0.1, 0.15) is 22.5 Å². The van der Waals surface area contributed by atoms with Crippen LogP contribution < -0.4 is 20.4 Å². The van der Waals surface area contributed by atoms with E-state index in [9.17, 15) is 9.59 Å². The van der Waals surface area contributed by atoms with Crippen molar-refractivity contribution >= 4 is 34.1 Å². The minimum absolute atomic E-state index is 0.0450. The molecule has 0 unspecified atom stereocenters. The lowest BCUT2D eigenvalue weighted by Gasteiger charge is -2.37. The predicted molar refractivity (Wildman–Crippen MR) is 159 cm³/mol. The summed E-state index contributed by atoms with van der Waals surface area (Å²) in [7, 11) is 0. The quantitative estimate of drug-likeness (QED) is 0.295. The van der Waals surface area contributed by atoms with Gasteiger partial charge in [0.2, 0.25) is 5.43 Å². The number of hydrogen-bond acceptors (Lipinski definition) is 7. The van der Waals surface area contributed by atoms with Crippen LogP contribution in [0, 0.1) is 5.82 Å². The molecule has 1 N–H and O–H groups in total. The molecule has 5 heterocycles. The number of ether oxygens (including phenoxy) is 1. The maximum absolute atomic E-state index is 16.0. The fourth-order valence-corrected chi connectivity index (χ4v) is 6.38. The van der Waals surface area contributed by atoms with Gasteiger partial charge in [-0.1, -0.05) is 11.6 Å². The Morgan fingerprint density at radius 1 is 1.02 bits per heavy atom. The van der Waals surface area contributed by atoms with Gasteiger partial charge in [0.25, 0.3) is 5.91 Å². The molecule has 2 saturated heterocycles. The van der Waals surface area contributed by atoms with Gasteiger partial charge in [-0.05, 0) is 56.3 Å². The van der Waals surface area contributed by atoms with Crippen molar-refractivity contribution in [1.82, 2.24) is 19.7 Å². The largest absolute Gasteiger partial charge is 0.468 e. The first kappa shape index (κ1) is 27.0. The number of furan rings is 1. The van der Waals surface area contributed by atoms with E-state index in [1.165, 1.54) is 12.3 Å². The highest BCUT2D eigenvalue weighted by molar-refractivity contribution is 6.30. The molecule has 2 aromatic heterocycles. The van der Waals surface area contributed by atoms with Crippen molar-refractivity contribution in [1.29, 1.82) is 0 Å². The first-order chi connectivity index (χ1) is 20.5.